The summed E-state index contributed by atoms with van der Waals surface area (Å²) < 4.78 is 82.5. The first-order valence-corrected chi connectivity index (χ1v) is 10.3. The van der Waals surface area contributed by atoms with Crippen LogP contribution in [0.15, 0.2) is 58.3 Å². The third-order valence-corrected chi connectivity index (χ3v) is 5.87. The third-order valence-electron chi connectivity index (χ3n) is 3.22. The van der Waals surface area contributed by atoms with Crippen molar-refractivity contribution in [3.63, 3.8) is 0 Å². The van der Waals surface area contributed by atoms with Crippen LogP contribution in [0.25, 0.3) is 0 Å². The number of halogens is 2. The molecule has 0 bridgehead atoms. The van der Waals surface area contributed by atoms with E-state index in [9.17, 15) is 25.6 Å². The minimum Gasteiger partial charge on any atom is -0.266 e. The Balaban J connectivity index is 1.75. The Morgan fingerprint density at radius 1 is 0.615 bits per heavy atom. The zero-order valence-corrected chi connectivity index (χ0v) is 15.1. The molecule has 0 atom stereocenters. The normalized spacial score (nSPS) is 12.2. The lowest BCUT2D eigenvalue weighted by atomic mass is 10.3. The standard InChI is InChI=1S/C16H16F2O6S2/c17-13-3-7-15(8-4-13)25(19,20)23-11-1-2-12-24-26(21,22)16-9-5-14(18)6-10-16/h3-10H,1-2,11-12H2. The van der Waals surface area contributed by atoms with Gasteiger partial charge in [0.2, 0.25) is 0 Å². The SMILES string of the molecule is O=S(=O)(OCCCCOS(=O)(=O)c1ccc(F)cc1)c1ccc(F)cc1. The molecular weight excluding hydrogens is 390 g/mol. The summed E-state index contributed by atoms with van der Waals surface area (Å²) in [5.74, 6) is -1.13. The molecule has 0 saturated carbocycles. The summed E-state index contributed by atoms with van der Waals surface area (Å²) in [6, 6.07) is 8.36. The third kappa shape index (κ3) is 5.84. The highest BCUT2D eigenvalue weighted by Gasteiger charge is 2.16. The maximum atomic E-state index is 12.8. The topological polar surface area (TPSA) is 86.7 Å². The van der Waals surface area contributed by atoms with Crippen LogP contribution in [0.5, 0.6) is 0 Å². The monoisotopic (exact) mass is 406 g/mol. The van der Waals surface area contributed by atoms with Gasteiger partial charge < -0.3 is 0 Å². The second-order valence-electron chi connectivity index (χ2n) is 5.17. The highest BCUT2D eigenvalue weighted by atomic mass is 32.2. The summed E-state index contributed by atoms with van der Waals surface area (Å²) in [5.41, 5.74) is 0. The van der Waals surface area contributed by atoms with Crippen molar-refractivity contribution in [2.24, 2.45) is 0 Å². The number of hydrogen-bond acceptors (Lipinski definition) is 6. The maximum absolute atomic E-state index is 12.8. The molecule has 0 fully saturated rings. The molecule has 0 amide bonds. The number of rotatable bonds is 9. The lowest BCUT2D eigenvalue weighted by Gasteiger charge is -2.07. The lowest BCUT2D eigenvalue weighted by Crippen LogP contribution is -2.10. The van der Waals surface area contributed by atoms with Crippen LogP contribution in [-0.2, 0) is 28.6 Å². The van der Waals surface area contributed by atoms with Gasteiger partial charge in [-0.2, -0.15) is 16.8 Å². The molecule has 0 saturated heterocycles. The smallest absolute Gasteiger partial charge is 0.266 e. The highest BCUT2D eigenvalue weighted by Crippen LogP contribution is 2.15. The van der Waals surface area contributed by atoms with Gasteiger partial charge in [-0.25, -0.2) is 8.78 Å². The molecule has 0 unspecified atom stereocenters. The van der Waals surface area contributed by atoms with Crippen LogP contribution in [0, 0.1) is 11.6 Å². The molecule has 2 rings (SSSR count). The van der Waals surface area contributed by atoms with Crippen molar-refractivity contribution in [2.75, 3.05) is 13.2 Å². The summed E-state index contributed by atoms with van der Waals surface area (Å²) >= 11 is 0. The molecule has 6 nitrogen and oxygen atoms in total. The quantitative estimate of drug-likeness (QED) is 0.470. The first kappa shape index (κ1) is 20.4. The zero-order chi connectivity index (χ0) is 19.2. The molecule has 0 heterocycles. The Hall–Kier alpha value is -1.88. The van der Waals surface area contributed by atoms with Gasteiger partial charge in [-0.3, -0.25) is 8.37 Å². The lowest BCUT2D eigenvalue weighted by molar-refractivity contribution is 0.270. The fraction of sp³-hybridized carbons (Fsp3) is 0.250. The average Bonchev–Trinajstić information content (AvgIpc) is 2.58. The summed E-state index contributed by atoms with van der Waals surface area (Å²) in [6.07, 6.45) is 0.443. The van der Waals surface area contributed by atoms with E-state index in [0.29, 0.717) is 0 Å². The highest BCUT2D eigenvalue weighted by molar-refractivity contribution is 7.87. The minimum absolute atomic E-state index is 0.172. The molecule has 0 aliphatic rings. The van der Waals surface area contributed by atoms with E-state index in [1.807, 2.05) is 0 Å². The van der Waals surface area contributed by atoms with E-state index in [4.69, 9.17) is 8.37 Å². The van der Waals surface area contributed by atoms with Gasteiger partial charge in [0, 0.05) is 0 Å². The van der Waals surface area contributed by atoms with E-state index < -0.39 is 31.9 Å². The van der Waals surface area contributed by atoms with E-state index in [1.165, 1.54) is 0 Å². The van der Waals surface area contributed by atoms with E-state index >= 15 is 0 Å². The van der Waals surface area contributed by atoms with Crippen molar-refractivity contribution in [3.05, 3.63) is 60.2 Å². The van der Waals surface area contributed by atoms with Gasteiger partial charge in [-0.05, 0) is 61.4 Å². The van der Waals surface area contributed by atoms with Crippen LogP contribution in [0.1, 0.15) is 12.8 Å². The average molecular weight is 406 g/mol. The van der Waals surface area contributed by atoms with Gasteiger partial charge in [0.25, 0.3) is 20.2 Å². The van der Waals surface area contributed by atoms with E-state index in [2.05, 4.69) is 0 Å². The van der Waals surface area contributed by atoms with E-state index in [1.54, 1.807) is 0 Å². The largest absolute Gasteiger partial charge is 0.296 e. The van der Waals surface area contributed by atoms with Crippen LogP contribution < -0.4 is 0 Å². The molecule has 0 aliphatic heterocycles. The van der Waals surface area contributed by atoms with Crippen molar-refractivity contribution in [1.82, 2.24) is 0 Å². The molecule has 26 heavy (non-hydrogen) atoms. The molecule has 0 aromatic heterocycles. The minimum atomic E-state index is -4.00. The summed E-state index contributed by atoms with van der Waals surface area (Å²) in [7, 11) is -8.00. The van der Waals surface area contributed by atoms with Crippen LogP contribution in [0.4, 0.5) is 8.78 Å². The predicted molar refractivity (Wildman–Crippen MR) is 88.3 cm³/mol. The summed E-state index contributed by atoms with van der Waals surface area (Å²) in [4.78, 5) is -0.344. The van der Waals surface area contributed by atoms with Crippen LogP contribution in [-0.4, -0.2) is 30.0 Å². The second-order valence-corrected chi connectivity index (χ2v) is 8.40. The Kier molecular flexibility index (Phi) is 6.81. The van der Waals surface area contributed by atoms with Crippen molar-refractivity contribution in [1.29, 1.82) is 0 Å². The van der Waals surface area contributed by atoms with Crippen molar-refractivity contribution in [3.8, 4) is 0 Å². The molecule has 10 heteroatoms. The van der Waals surface area contributed by atoms with Gasteiger partial charge in [0.05, 0.1) is 23.0 Å². The van der Waals surface area contributed by atoms with E-state index in [-0.39, 0.29) is 35.8 Å². The molecule has 0 aliphatic carbocycles. The van der Waals surface area contributed by atoms with Gasteiger partial charge in [-0.1, -0.05) is 0 Å². The van der Waals surface area contributed by atoms with Gasteiger partial charge >= 0.3 is 0 Å². The zero-order valence-electron chi connectivity index (χ0n) is 13.5. The van der Waals surface area contributed by atoms with E-state index in [0.717, 1.165) is 48.5 Å². The van der Waals surface area contributed by atoms with Crippen LogP contribution in [0.2, 0.25) is 0 Å². The molecule has 0 spiro atoms. The molecule has 0 radical (unpaired) electrons. The molecule has 142 valence electrons. The fourth-order valence-corrected chi connectivity index (χ4v) is 3.77. The first-order valence-electron chi connectivity index (χ1n) is 7.51. The van der Waals surface area contributed by atoms with Gasteiger partial charge in [0.15, 0.2) is 0 Å². The Labute approximate surface area is 150 Å². The Morgan fingerprint density at radius 2 is 0.923 bits per heavy atom. The van der Waals surface area contributed by atoms with Crippen LogP contribution >= 0.6 is 0 Å². The van der Waals surface area contributed by atoms with Gasteiger partial charge in [0.1, 0.15) is 11.6 Å². The summed E-state index contributed by atoms with van der Waals surface area (Å²) in [5, 5.41) is 0. The Bertz CT molecular complexity index is 844. The summed E-state index contributed by atoms with van der Waals surface area (Å²) in [6.45, 7) is -0.362. The first-order chi connectivity index (χ1) is 12.2. The number of benzene rings is 2. The maximum Gasteiger partial charge on any atom is 0.296 e. The number of unbranched alkanes of at least 4 members (excludes halogenated alkanes) is 1. The van der Waals surface area contributed by atoms with Crippen molar-refractivity contribution in [2.45, 2.75) is 22.6 Å². The van der Waals surface area contributed by atoms with Crippen molar-refractivity contribution >= 4 is 20.2 Å². The van der Waals surface area contributed by atoms with Crippen LogP contribution in [0.3, 0.4) is 0 Å². The molecule has 0 N–H and O–H groups in total. The molecular formula is C16H16F2O6S2. The fourth-order valence-electron chi connectivity index (χ4n) is 1.88. The Morgan fingerprint density at radius 3 is 1.23 bits per heavy atom. The molecule has 2 aromatic carbocycles. The van der Waals surface area contributed by atoms with Gasteiger partial charge in [-0.15, -0.1) is 0 Å². The molecule has 2 aromatic rings. The second kappa shape index (κ2) is 8.67. The van der Waals surface area contributed by atoms with Crippen molar-refractivity contribution < 1.29 is 34.0 Å². The number of hydrogen-bond donors (Lipinski definition) is 0. The predicted octanol–water partition coefficient (Wildman–Crippen LogP) is 2.86.